The van der Waals surface area contributed by atoms with Gasteiger partial charge in [0.2, 0.25) is 5.91 Å². The van der Waals surface area contributed by atoms with E-state index in [9.17, 15) is 44.7 Å². The second-order valence-electron chi connectivity index (χ2n) is 8.64. The number of aryl methyl sites for hydroxylation is 1. The molecule has 14 nitrogen and oxygen atoms in total. The summed E-state index contributed by atoms with van der Waals surface area (Å²) in [4.78, 5) is 50.9. The van der Waals surface area contributed by atoms with Crippen molar-refractivity contribution in [1.29, 1.82) is 0 Å². The highest BCUT2D eigenvalue weighted by atomic mass is 31.0. The van der Waals surface area contributed by atoms with Gasteiger partial charge in [-0.05, 0) is 18.8 Å². The van der Waals surface area contributed by atoms with Gasteiger partial charge in [-0.1, -0.05) is 16.3 Å². The number of aliphatic hydroxyl groups excluding tert-OH is 4. The van der Waals surface area contributed by atoms with Crippen molar-refractivity contribution in [2.45, 2.75) is 32.5 Å². The van der Waals surface area contributed by atoms with Crippen molar-refractivity contribution in [1.82, 2.24) is 19.5 Å². The SMILES string of the molecule is Cc1cn(CC(=O)N(CC(=O)O)C[C@H](COC(CO)C(CO)C(CO)C(C)CO)NP)c(=O)[nH]c1=O. The minimum Gasteiger partial charge on any atom is -0.480 e. The molecule has 5 unspecified atom stereocenters. The fourth-order valence-electron chi connectivity index (χ4n) is 3.77. The molecule has 15 heteroatoms. The summed E-state index contributed by atoms with van der Waals surface area (Å²) >= 11 is 0. The first-order valence-electron chi connectivity index (χ1n) is 11.3. The highest BCUT2D eigenvalue weighted by Crippen LogP contribution is 2.25. The Labute approximate surface area is 210 Å². The second kappa shape index (κ2) is 15.8. The number of carbonyl (C=O) groups is 2. The first kappa shape index (κ1) is 31.8. The van der Waals surface area contributed by atoms with Crippen molar-refractivity contribution in [2.24, 2.45) is 17.8 Å². The summed E-state index contributed by atoms with van der Waals surface area (Å²) in [5, 5.41) is 50.9. The average molecular weight is 537 g/mol. The molecule has 1 amide bonds. The Balaban J connectivity index is 2.98. The molecule has 1 aromatic heterocycles. The lowest BCUT2D eigenvalue weighted by Gasteiger charge is -2.34. The van der Waals surface area contributed by atoms with Crippen LogP contribution >= 0.6 is 9.39 Å². The van der Waals surface area contributed by atoms with Crippen molar-refractivity contribution >= 4 is 21.3 Å². The Hall–Kier alpha value is -2.19. The molecule has 1 rings (SSSR count). The van der Waals surface area contributed by atoms with Gasteiger partial charge in [-0.3, -0.25) is 29.0 Å². The average Bonchev–Trinajstić information content (AvgIpc) is 2.84. The van der Waals surface area contributed by atoms with E-state index in [-0.39, 0.29) is 37.8 Å². The highest BCUT2D eigenvalue weighted by molar-refractivity contribution is 7.13. The summed E-state index contributed by atoms with van der Waals surface area (Å²) in [6, 6.07) is -0.636. The smallest absolute Gasteiger partial charge is 0.328 e. The van der Waals surface area contributed by atoms with E-state index in [2.05, 4.69) is 19.5 Å². The summed E-state index contributed by atoms with van der Waals surface area (Å²) < 4.78 is 6.74. The number of carboxylic acids is 1. The Kier molecular flexibility index (Phi) is 14.0. The topological polar surface area (TPSA) is 215 Å². The normalized spacial score (nSPS) is 15.6. The number of amides is 1. The minimum absolute atomic E-state index is 0.113. The monoisotopic (exact) mass is 536 g/mol. The molecule has 36 heavy (non-hydrogen) atoms. The standard InChI is InChI=1S/C21H37N4O10P/c1-12-3-25(21(34)22-20(12)33)5-18(30)24(6-19(31)32)4-14(23-36)11-35-17(10-29)16(9-28)15(8-27)13(2)7-26/h3,13-17,23,26-29H,4-11,36H2,1-2H3,(H,31,32)(H,22,33,34)/t13?,14-,15?,16?,17?/m1/s1. The van der Waals surface area contributed by atoms with E-state index in [4.69, 9.17) is 4.74 Å². The third kappa shape index (κ3) is 9.36. The lowest BCUT2D eigenvalue weighted by atomic mass is 9.80. The van der Waals surface area contributed by atoms with E-state index >= 15 is 0 Å². The lowest BCUT2D eigenvalue weighted by molar-refractivity contribution is -0.145. The summed E-state index contributed by atoms with van der Waals surface area (Å²) in [5.74, 6) is -3.60. The van der Waals surface area contributed by atoms with Gasteiger partial charge in [0, 0.05) is 44.0 Å². The van der Waals surface area contributed by atoms with Crippen molar-refractivity contribution in [3.63, 3.8) is 0 Å². The first-order valence-corrected chi connectivity index (χ1v) is 11.9. The van der Waals surface area contributed by atoms with Gasteiger partial charge in [-0.2, -0.15) is 0 Å². The van der Waals surface area contributed by atoms with Crippen LogP contribution in [0.25, 0.3) is 0 Å². The van der Waals surface area contributed by atoms with Gasteiger partial charge < -0.3 is 35.2 Å². The number of ether oxygens (including phenoxy) is 1. The molecule has 0 aliphatic heterocycles. The lowest BCUT2D eigenvalue weighted by Crippen LogP contribution is -2.49. The number of aromatic nitrogens is 2. The van der Waals surface area contributed by atoms with Crippen LogP contribution in [0.2, 0.25) is 0 Å². The number of hydrogen-bond donors (Lipinski definition) is 7. The molecule has 0 saturated heterocycles. The molecule has 0 aliphatic rings. The Morgan fingerprint density at radius 1 is 1.14 bits per heavy atom. The number of nitrogens with one attached hydrogen (secondary N) is 2. The molecule has 206 valence electrons. The summed E-state index contributed by atoms with van der Waals surface area (Å²) in [6.45, 7) is 0.228. The summed E-state index contributed by atoms with van der Waals surface area (Å²) in [7, 11) is 2.23. The van der Waals surface area contributed by atoms with Gasteiger partial charge in [0.15, 0.2) is 0 Å². The number of carboxylic acid groups (broad SMARTS) is 1. The molecule has 0 radical (unpaired) electrons. The van der Waals surface area contributed by atoms with Crippen LogP contribution in [0.15, 0.2) is 15.8 Å². The third-order valence-corrected chi connectivity index (χ3v) is 6.48. The Morgan fingerprint density at radius 3 is 2.28 bits per heavy atom. The van der Waals surface area contributed by atoms with E-state index < -0.39 is 73.4 Å². The predicted molar refractivity (Wildman–Crippen MR) is 131 cm³/mol. The fraction of sp³-hybridized carbons (Fsp3) is 0.714. The molecule has 6 atom stereocenters. The van der Waals surface area contributed by atoms with Crippen LogP contribution in [0.5, 0.6) is 0 Å². The van der Waals surface area contributed by atoms with Crippen LogP contribution in [0.3, 0.4) is 0 Å². The maximum absolute atomic E-state index is 12.8. The molecule has 1 aromatic rings. The maximum atomic E-state index is 12.8. The Bertz CT molecular complexity index is 955. The zero-order chi connectivity index (χ0) is 27.4. The molecule has 0 aromatic carbocycles. The van der Waals surface area contributed by atoms with Crippen molar-refractivity contribution in [2.75, 3.05) is 46.1 Å². The predicted octanol–water partition coefficient (Wildman–Crippen LogP) is -3.27. The van der Waals surface area contributed by atoms with Crippen molar-refractivity contribution < 1.29 is 39.9 Å². The molecule has 0 bridgehead atoms. The van der Waals surface area contributed by atoms with Crippen LogP contribution in [0.1, 0.15) is 12.5 Å². The summed E-state index contributed by atoms with van der Waals surface area (Å²) in [6.07, 6.45) is 0.298. The van der Waals surface area contributed by atoms with Crippen molar-refractivity contribution in [3.05, 3.63) is 32.6 Å². The largest absolute Gasteiger partial charge is 0.480 e. The van der Waals surface area contributed by atoms with Gasteiger partial charge in [-0.25, -0.2) is 4.79 Å². The van der Waals surface area contributed by atoms with Gasteiger partial charge in [0.25, 0.3) is 5.56 Å². The van der Waals surface area contributed by atoms with E-state index in [1.165, 1.54) is 13.1 Å². The number of aromatic amines is 1. The van der Waals surface area contributed by atoms with E-state index in [1.54, 1.807) is 6.92 Å². The number of hydrogen-bond acceptors (Lipinski definition) is 10. The van der Waals surface area contributed by atoms with Gasteiger partial charge in [-0.15, -0.1) is 0 Å². The molecule has 1 heterocycles. The molecule has 0 spiro atoms. The van der Waals surface area contributed by atoms with Crippen LogP contribution in [0, 0.1) is 24.7 Å². The number of H-pyrrole nitrogens is 1. The molecule has 0 aliphatic carbocycles. The van der Waals surface area contributed by atoms with Gasteiger partial charge in [0.1, 0.15) is 13.1 Å². The number of aliphatic hydroxyl groups is 4. The van der Waals surface area contributed by atoms with Crippen molar-refractivity contribution in [3.8, 4) is 0 Å². The second-order valence-corrected chi connectivity index (χ2v) is 8.97. The fourth-order valence-corrected chi connectivity index (χ4v) is 3.97. The maximum Gasteiger partial charge on any atom is 0.328 e. The number of nitrogens with zero attached hydrogens (tertiary/aromatic N) is 2. The number of rotatable bonds is 17. The quantitative estimate of drug-likeness (QED) is 0.0981. The zero-order valence-corrected chi connectivity index (χ0v) is 21.5. The molecular formula is C21H37N4O10P. The van der Waals surface area contributed by atoms with Crippen LogP contribution < -0.4 is 16.3 Å². The first-order chi connectivity index (χ1) is 17.0. The molecule has 0 saturated carbocycles. The van der Waals surface area contributed by atoms with Crippen LogP contribution in [-0.4, -0.2) is 110 Å². The third-order valence-electron chi connectivity index (χ3n) is 6.01. The number of aliphatic carboxylic acids is 1. The van der Waals surface area contributed by atoms with E-state index in [0.29, 0.717) is 0 Å². The molecule has 7 N–H and O–H groups in total. The van der Waals surface area contributed by atoms with Gasteiger partial charge >= 0.3 is 11.7 Å². The van der Waals surface area contributed by atoms with Gasteiger partial charge in [0.05, 0.1) is 25.4 Å². The molecular weight excluding hydrogens is 499 g/mol. The zero-order valence-electron chi connectivity index (χ0n) is 20.4. The van der Waals surface area contributed by atoms with Crippen LogP contribution in [0.4, 0.5) is 0 Å². The minimum atomic E-state index is -1.28. The highest BCUT2D eigenvalue weighted by Gasteiger charge is 2.33. The molecule has 0 fully saturated rings. The van der Waals surface area contributed by atoms with Crippen LogP contribution in [-0.2, 0) is 20.9 Å². The summed E-state index contributed by atoms with van der Waals surface area (Å²) in [5.41, 5.74) is -1.20. The van der Waals surface area contributed by atoms with E-state index in [1.807, 2.05) is 0 Å². The Morgan fingerprint density at radius 2 is 1.78 bits per heavy atom. The number of carbonyl (C=O) groups excluding carboxylic acids is 1. The van der Waals surface area contributed by atoms with E-state index in [0.717, 1.165) is 9.47 Å².